The Morgan fingerprint density at radius 3 is 2.60 bits per heavy atom. The molecule has 128 valence electrons. The summed E-state index contributed by atoms with van der Waals surface area (Å²) in [6.45, 7) is 3.63. The molecule has 0 saturated heterocycles. The fourth-order valence-electron chi connectivity index (χ4n) is 2.41. The van der Waals surface area contributed by atoms with Gasteiger partial charge >= 0.3 is 5.97 Å². The molecule has 0 aliphatic heterocycles. The lowest BCUT2D eigenvalue weighted by molar-refractivity contribution is 0.0471. The Balaban J connectivity index is 1.88. The van der Waals surface area contributed by atoms with E-state index < -0.39 is 11.8 Å². The first kappa shape index (κ1) is 17.2. The molecule has 3 aromatic rings. The number of rotatable bonds is 4. The topological polar surface area (TPSA) is 52.3 Å². The standard InChI is InChI=1S/C19H15ClFNO3/c1-11-6-8-13(9-7-11)10-24-19(23)16-12(2)25-22-18(16)17-14(20)4-3-5-15(17)21/h3-9H,10H2,1-2H3. The van der Waals surface area contributed by atoms with Crippen LogP contribution in [0.1, 0.15) is 27.2 Å². The van der Waals surface area contributed by atoms with Crippen LogP contribution in [0.15, 0.2) is 47.0 Å². The monoisotopic (exact) mass is 359 g/mol. The summed E-state index contributed by atoms with van der Waals surface area (Å²) in [5.41, 5.74) is 2.08. The van der Waals surface area contributed by atoms with Crippen molar-refractivity contribution in [2.45, 2.75) is 20.5 Å². The largest absolute Gasteiger partial charge is 0.457 e. The average molecular weight is 360 g/mol. The van der Waals surface area contributed by atoms with Gasteiger partial charge in [-0.25, -0.2) is 9.18 Å². The minimum atomic E-state index is -0.645. The van der Waals surface area contributed by atoms with Crippen molar-refractivity contribution in [2.24, 2.45) is 0 Å². The number of nitrogens with zero attached hydrogens (tertiary/aromatic N) is 1. The lowest BCUT2D eigenvalue weighted by Gasteiger charge is -2.07. The van der Waals surface area contributed by atoms with Gasteiger partial charge in [-0.1, -0.05) is 52.7 Å². The molecule has 25 heavy (non-hydrogen) atoms. The Hall–Kier alpha value is -2.66. The first-order valence-corrected chi connectivity index (χ1v) is 7.98. The average Bonchev–Trinajstić information content (AvgIpc) is 2.95. The molecular formula is C19H15ClFNO3. The SMILES string of the molecule is Cc1ccc(COC(=O)c2c(-c3c(F)cccc3Cl)noc2C)cc1. The maximum absolute atomic E-state index is 14.2. The number of esters is 1. The molecule has 3 rings (SSSR count). The van der Waals surface area contributed by atoms with Crippen LogP contribution in [0, 0.1) is 19.7 Å². The number of aryl methyl sites for hydroxylation is 2. The molecule has 0 amide bonds. The smallest absolute Gasteiger partial charge is 0.344 e. The number of ether oxygens (including phenoxy) is 1. The second-order valence-corrected chi connectivity index (χ2v) is 6.03. The van der Waals surface area contributed by atoms with Crippen molar-refractivity contribution in [3.05, 3.63) is 75.8 Å². The Bertz CT molecular complexity index is 899. The second-order valence-electron chi connectivity index (χ2n) is 5.62. The Labute approximate surface area is 149 Å². The van der Waals surface area contributed by atoms with Crippen molar-refractivity contribution in [1.29, 1.82) is 0 Å². The summed E-state index contributed by atoms with van der Waals surface area (Å²) in [6.07, 6.45) is 0. The lowest BCUT2D eigenvalue weighted by atomic mass is 10.1. The van der Waals surface area contributed by atoms with E-state index in [1.807, 2.05) is 31.2 Å². The number of benzene rings is 2. The number of carbonyl (C=O) groups is 1. The van der Waals surface area contributed by atoms with Crippen LogP contribution in [0.5, 0.6) is 0 Å². The predicted molar refractivity (Wildman–Crippen MR) is 91.9 cm³/mol. The Morgan fingerprint density at radius 1 is 1.20 bits per heavy atom. The van der Waals surface area contributed by atoms with E-state index in [4.69, 9.17) is 20.9 Å². The van der Waals surface area contributed by atoms with Crippen molar-refractivity contribution in [3.63, 3.8) is 0 Å². The van der Waals surface area contributed by atoms with Crippen LogP contribution in [0.4, 0.5) is 4.39 Å². The van der Waals surface area contributed by atoms with Gasteiger partial charge in [0.25, 0.3) is 0 Å². The molecule has 0 N–H and O–H groups in total. The van der Waals surface area contributed by atoms with Crippen LogP contribution < -0.4 is 0 Å². The zero-order chi connectivity index (χ0) is 18.0. The summed E-state index contributed by atoms with van der Waals surface area (Å²) in [6, 6.07) is 11.8. The molecule has 4 nitrogen and oxygen atoms in total. The highest BCUT2D eigenvalue weighted by atomic mass is 35.5. The van der Waals surface area contributed by atoms with Crippen molar-refractivity contribution in [1.82, 2.24) is 5.16 Å². The van der Waals surface area contributed by atoms with Crippen molar-refractivity contribution in [3.8, 4) is 11.3 Å². The molecule has 0 saturated carbocycles. The van der Waals surface area contributed by atoms with Gasteiger partial charge in [0.2, 0.25) is 0 Å². The molecule has 0 bridgehead atoms. The fourth-order valence-corrected chi connectivity index (χ4v) is 2.67. The zero-order valence-electron chi connectivity index (χ0n) is 13.7. The van der Waals surface area contributed by atoms with E-state index >= 15 is 0 Å². The molecule has 2 aromatic carbocycles. The summed E-state index contributed by atoms with van der Waals surface area (Å²) in [4.78, 5) is 12.5. The highest BCUT2D eigenvalue weighted by molar-refractivity contribution is 6.33. The van der Waals surface area contributed by atoms with Crippen LogP contribution in [0.2, 0.25) is 5.02 Å². The number of hydrogen-bond acceptors (Lipinski definition) is 4. The van der Waals surface area contributed by atoms with E-state index in [0.29, 0.717) is 0 Å². The van der Waals surface area contributed by atoms with Crippen LogP contribution in [-0.4, -0.2) is 11.1 Å². The maximum Gasteiger partial charge on any atom is 0.344 e. The van der Waals surface area contributed by atoms with Crippen LogP contribution >= 0.6 is 11.6 Å². The van der Waals surface area contributed by atoms with E-state index in [2.05, 4.69) is 5.16 Å². The van der Waals surface area contributed by atoms with E-state index in [-0.39, 0.29) is 34.2 Å². The van der Waals surface area contributed by atoms with E-state index in [1.165, 1.54) is 18.2 Å². The van der Waals surface area contributed by atoms with Crippen molar-refractivity contribution < 1.29 is 18.4 Å². The quantitative estimate of drug-likeness (QED) is 0.607. The number of aromatic nitrogens is 1. The summed E-state index contributed by atoms with van der Waals surface area (Å²) < 4.78 is 24.6. The van der Waals surface area contributed by atoms with Crippen LogP contribution in [-0.2, 0) is 11.3 Å². The molecule has 1 aromatic heterocycles. The highest BCUT2D eigenvalue weighted by Gasteiger charge is 2.26. The predicted octanol–water partition coefficient (Wildman–Crippen LogP) is 5.11. The van der Waals surface area contributed by atoms with Gasteiger partial charge in [0.15, 0.2) is 0 Å². The van der Waals surface area contributed by atoms with E-state index in [1.54, 1.807) is 6.92 Å². The Morgan fingerprint density at radius 2 is 1.92 bits per heavy atom. The zero-order valence-corrected chi connectivity index (χ0v) is 14.4. The van der Waals surface area contributed by atoms with E-state index in [9.17, 15) is 9.18 Å². The highest BCUT2D eigenvalue weighted by Crippen LogP contribution is 2.33. The lowest BCUT2D eigenvalue weighted by Crippen LogP contribution is -2.08. The van der Waals surface area contributed by atoms with Crippen molar-refractivity contribution >= 4 is 17.6 Å². The molecule has 0 fully saturated rings. The fraction of sp³-hybridized carbons (Fsp3) is 0.158. The normalized spacial score (nSPS) is 10.7. The molecular weight excluding hydrogens is 345 g/mol. The minimum absolute atomic E-state index is 0.0169. The minimum Gasteiger partial charge on any atom is -0.457 e. The third kappa shape index (κ3) is 3.56. The van der Waals surface area contributed by atoms with Gasteiger partial charge in [0.05, 0.1) is 10.6 Å². The molecule has 1 heterocycles. The summed E-state index contributed by atoms with van der Waals surface area (Å²) in [5.74, 6) is -0.995. The van der Waals surface area contributed by atoms with Gasteiger partial charge in [-0.15, -0.1) is 0 Å². The maximum atomic E-state index is 14.2. The molecule has 0 aliphatic rings. The number of hydrogen-bond donors (Lipinski definition) is 0. The summed E-state index contributed by atoms with van der Waals surface area (Å²) in [7, 11) is 0. The second kappa shape index (κ2) is 7.07. The first-order chi connectivity index (χ1) is 12.0. The summed E-state index contributed by atoms with van der Waals surface area (Å²) in [5, 5.41) is 3.93. The third-order valence-electron chi connectivity index (χ3n) is 3.76. The van der Waals surface area contributed by atoms with Gasteiger partial charge in [-0.2, -0.15) is 0 Å². The molecule has 0 spiro atoms. The van der Waals surface area contributed by atoms with Gasteiger partial charge in [-0.05, 0) is 31.5 Å². The third-order valence-corrected chi connectivity index (χ3v) is 4.07. The first-order valence-electron chi connectivity index (χ1n) is 7.60. The van der Waals surface area contributed by atoms with E-state index in [0.717, 1.165) is 11.1 Å². The molecule has 0 aliphatic carbocycles. The Kier molecular flexibility index (Phi) is 4.86. The number of carbonyl (C=O) groups excluding carboxylic acids is 1. The molecule has 6 heteroatoms. The van der Waals surface area contributed by atoms with Crippen LogP contribution in [0.3, 0.4) is 0 Å². The van der Waals surface area contributed by atoms with Crippen LogP contribution in [0.25, 0.3) is 11.3 Å². The molecule has 0 unspecified atom stereocenters. The van der Waals surface area contributed by atoms with Gasteiger partial charge < -0.3 is 9.26 Å². The molecule has 0 radical (unpaired) electrons. The van der Waals surface area contributed by atoms with Gasteiger partial charge in [0, 0.05) is 0 Å². The summed E-state index contributed by atoms with van der Waals surface area (Å²) >= 11 is 6.06. The molecule has 0 atom stereocenters. The number of halogens is 2. The van der Waals surface area contributed by atoms with Gasteiger partial charge in [-0.3, -0.25) is 0 Å². The van der Waals surface area contributed by atoms with Crippen molar-refractivity contribution in [2.75, 3.05) is 0 Å². The van der Waals surface area contributed by atoms with Gasteiger partial charge in [0.1, 0.15) is 29.4 Å².